The van der Waals surface area contributed by atoms with Gasteiger partial charge in [0.15, 0.2) is 0 Å². The maximum atomic E-state index is 11.9. The van der Waals surface area contributed by atoms with Gasteiger partial charge >= 0.3 is 0 Å². The molecule has 0 amide bonds. The molecule has 72 valence electrons. The summed E-state index contributed by atoms with van der Waals surface area (Å²) in [4.78, 5) is 0. The summed E-state index contributed by atoms with van der Waals surface area (Å²) in [7, 11) is 0. The van der Waals surface area contributed by atoms with Crippen molar-refractivity contribution in [2.24, 2.45) is 5.73 Å². The summed E-state index contributed by atoms with van der Waals surface area (Å²) >= 11 is 0. The second-order valence-corrected chi connectivity index (χ2v) is 2.95. The fourth-order valence-corrected chi connectivity index (χ4v) is 1.19. The Hall–Kier alpha value is -0.960. The van der Waals surface area contributed by atoms with Crippen molar-refractivity contribution in [3.05, 3.63) is 35.4 Å². The van der Waals surface area contributed by atoms with Gasteiger partial charge < -0.3 is 5.73 Å². The maximum absolute atomic E-state index is 11.9. The van der Waals surface area contributed by atoms with Crippen LogP contribution in [0.4, 0.5) is 8.78 Å². The molecule has 0 aliphatic rings. The van der Waals surface area contributed by atoms with Crippen molar-refractivity contribution in [1.29, 1.82) is 0 Å². The van der Waals surface area contributed by atoms with E-state index in [4.69, 9.17) is 5.73 Å². The summed E-state index contributed by atoms with van der Waals surface area (Å²) in [5, 5.41) is 0. The molecule has 0 atom stereocenters. The fraction of sp³-hybridized carbons (Fsp3) is 0.400. The average Bonchev–Trinajstić information content (AvgIpc) is 2.08. The molecule has 0 aliphatic heterocycles. The first-order chi connectivity index (χ1) is 6.22. The van der Waals surface area contributed by atoms with Gasteiger partial charge in [0.05, 0.1) is 0 Å². The Labute approximate surface area is 76.6 Å². The fourth-order valence-electron chi connectivity index (χ4n) is 1.19. The standard InChI is InChI=1S/C10H13F2N/c11-10(12)7-9-3-1-8(2-4-9)5-6-13/h1-4,10H,5-7,13H2. The quantitative estimate of drug-likeness (QED) is 0.762. The van der Waals surface area contributed by atoms with E-state index in [-0.39, 0.29) is 6.42 Å². The maximum Gasteiger partial charge on any atom is 0.242 e. The molecule has 0 saturated heterocycles. The van der Waals surface area contributed by atoms with Crippen molar-refractivity contribution >= 4 is 0 Å². The van der Waals surface area contributed by atoms with Crippen LogP contribution in [-0.4, -0.2) is 13.0 Å². The van der Waals surface area contributed by atoms with E-state index in [0.717, 1.165) is 12.0 Å². The number of alkyl halides is 2. The monoisotopic (exact) mass is 185 g/mol. The van der Waals surface area contributed by atoms with Gasteiger partial charge in [0, 0.05) is 6.42 Å². The summed E-state index contributed by atoms with van der Waals surface area (Å²) < 4.78 is 23.9. The van der Waals surface area contributed by atoms with Gasteiger partial charge in [-0.2, -0.15) is 0 Å². The Balaban J connectivity index is 2.59. The molecule has 0 aromatic heterocycles. The highest BCUT2D eigenvalue weighted by molar-refractivity contribution is 5.23. The molecule has 0 saturated carbocycles. The van der Waals surface area contributed by atoms with Crippen LogP contribution in [0.15, 0.2) is 24.3 Å². The van der Waals surface area contributed by atoms with Crippen molar-refractivity contribution in [3.8, 4) is 0 Å². The lowest BCUT2D eigenvalue weighted by molar-refractivity contribution is 0.149. The SMILES string of the molecule is NCCc1ccc(CC(F)F)cc1. The molecule has 0 fully saturated rings. The van der Waals surface area contributed by atoms with Crippen molar-refractivity contribution in [3.63, 3.8) is 0 Å². The molecule has 1 aromatic carbocycles. The zero-order valence-electron chi connectivity index (χ0n) is 7.34. The van der Waals surface area contributed by atoms with Crippen molar-refractivity contribution < 1.29 is 8.78 Å². The van der Waals surface area contributed by atoms with E-state index < -0.39 is 6.43 Å². The first kappa shape index (κ1) is 10.1. The van der Waals surface area contributed by atoms with Gasteiger partial charge in [-0.15, -0.1) is 0 Å². The third kappa shape index (κ3) is 3.51. The largest absolute Gasteiger partial charge is 0.330 e. The lowest BCUT2D eigenvalue weighted by Crippen LogP contribution is -2.03. The van der Waals surface area contributed by atoms with E-state index in [9.17, 15) is 8.78 Å². The third-order valence-corrected chi connectivity index (χ3v) is 1.85. The number of benzene rings is 1. The first-order valence-corrected chi connectivity index (χ1v) is 4.28. The summed E-state index contributed by atoms with van der Waals surface area (Å²) in [6.45, 7) is 0.591. The molecule has 1 rings (SSSR count). The van der Waals surface area contributed by atoms with Crippen LogP contribution in [-0.2, 0) is 12.8 Å². The zero-order chi connectivity index (χ0) is 9.68. The number of nitrogens with two attached hydrogens (primary N) is 1. The smallest absolute Gasteiger partial charge is 0.242 e. The molecule has 1 aromatic rings. The minimum Gasteiger partial charge on any atom is -0.330 e. The second-order valence-electron chi connectivity index (χ2n) is 2.95. The van der Waals surface area contributed by atoms with Crippen molar-refractivity contribution in [2.45, 2.75) is 19.3 Å². The van der Waals surface area contributed by atoms with E-state index >= 15 is 0 Å². The van der Waals surface area contributed by atoms with Crippen LogP contribution in [0, 0.1) is 0 Å². The van der Waals surface area contributed by atoms with Gasteiger partial charge in [0.2, 0.25) is 6.43 Å². The normalized spacial score (nSPS) is 10.8. The average molecular weight is 185 g/mol. The molecule has 0 bridgehead atoms. The Bertz CT molecular complexity index is 244. The van der Waals surface area contributed by atoms with Gasteiger partial charge in [-0.3, -0.25) is 0 Å². The predicted octanol–water partition coefficient (Wildman–Crippen LogP) is 2.00. The Morgan fingerprint density at radius 3 is 2.08 bits per heavy atom. The topological polar surface area (TPSA) is 26.0 Å². The summed E-state index contributed by atoms with van der Waals surface area (Å²) in [6, 6.07) is 7.17. The lowest BCUT2D eigenvalue weighted by atomic mass is 10.1. The highest BCUT2D eigenvalue weighted by atomic mass is 19.3. The van der Waals surface area contributed by atoms with E-state index in [1.807, 2.05) is 12.1 Å². The first-order valence-electron chi connectivity index (χ1n) is 4.28. The molecule has 1 nitrogen and oxygen atoms in total. The number of halogens is 2. The van der Waals surface area contributed by atoms with Crippen LogP contribution in [0.5, 0.6) is 0 Å². The predicted molar refractivity (Wildman–Crippen MR) is 48.9 cm³/mol. The third-order valence-electron chi connectivity index (χ3n) is 1.85. The van der Waals surface area contributed by atoms with E-state index in [0.29, 0.717) is 12.1 Å². The van der Waals surface area contributed by atoms with Crippen LogP contribution in [0.3, 0.4) is 0 Å². The van der Waals surface area contributed by atoms with Gasteiger partial charge in [-0.1, -0.05) is 24.3 Å². The van der Waals surface area contributed by atoms with Crippen molar-refractivity contribution in [1.82, 2.24) is 0 Å². The van der Waals surface area contributed by atoms with Crippen LogP contribution in [0.2, 0.25) is 0 Å². The molecule has 0 spiro atoms. The Morgan fingerprint density at radius 2 is 1.62 bits per heavy atom. The van der Waals surface area contributed by atoms with Gasteiger partial charge in [-0.25, -0.2) is 8.78 Å². The number of hydrogen-bond acceptors (Lipinski definition) is 1. The lowest BCUT2D eigenvalue weighted by Gasteiger charge is -2.02. The minimum absolute atomic E-state index is 0.164. The molecular formula is C10H13F2N. The zero-order valence-corrected chi connectivity index (χ0v) is 7.34. The Morgan fingerprint density at radius 1 is 1.08 bits per heavy atom. The second kappa shape index (κ2) is 4.92. The molecule has 2 N–H and O–H groups in total. The van der Waals surface area contributed by atoms with E-state index in [1.54, 1.807) is 12.1 Å². The molecule has 0 aliphatic carbocycles. The van der Waals surface area contributed by atoms with Gasteiger partial charge in [-0.05, 0) is 24.1 Å². The molecule has 3 heteroatoms. The van der Waals surface area contributed by atoms with Crippen LogP contribution in [0.25, 0.3) is 0 Å². The number of rotatable bonds is 4. The summed E-state index contributed by atoms with van der Waals surface area (Å²) in [6.07, 6.45) is -1.63. The molecule has 0 radical (unpaired) electrons. The molecule has 0 unspecified atom stereocenters. The van der Waals surface area contributed by atoms with Gasteiger partial charge in [0.1, 0.15) is 0 Å². The van der Waals surface area contributed by atoms with Crippen LogP contribution in [0.1, 0.15) is 11.1 Å². The Kier molecular flexibility index (Phi) is 3.83. The number of hydrogen-bond donors (Lipinski definition) is 1. The molecular weight excluding hydrogens is 172 g/mol. The molecule has 0 heterocycles. The molecule has 13 heavy (non-hydrogen) atoms. The van der Waals surface area contributed by atoms with Crippen LogP contribution < -0.4 is 5.73 Å². The highest BCUT2D eigenvalue weighted by Gasteiger charge is 2.03. The van der Waals surface area contributed by atoms with Gasteiger partial charge in [0.25, 0.3) is 0 Å². The highest BCUT2D eigenvalue weighted by Crippen LogP contribution is 2.09. The minimum atomic E-state index is -2.26. The summed E-state index contributed by atoms with van der Waals surface area (Å²) in [5.41, 5.74) is 7.13. The van der Waals surface area contributed by atoms with Crippen molar-refractivity contribution in [2.75, 3.05) is 6.54 Å². The summed E-state index contributed by atoms with van der Waals surface area (Å²) in [5.74, 6) is 0. The van der Waals surface area contributed by atoms with E-state index in [2.05, 4.69) is 0 Å². The van der Waals surface area contributed by atoms with E-state index in [1.165, 1.54) is 0 Å². The van der Waals surface area contributed by atoms with Crippen LogP contribution >= 0.6 is 0 Å².